The van der Waals surface area contributed by atoms with E-state index in [0.29, 0.717) is 6.61 Å². The molecule has 1 N–H and O–H groups in total. The summed E-state index contributed by atoms with van der Waals surface area (Å²) in [6.45, 7) is 11.0. The smallest absolute Gasteiger partial charge is 0.261 e. The summed E-state index contributed by atoms with van der Waals surface area (Å²) >= 11 is 0. The molecule has 2 aromatic carbocycles. The quantitative estimate of drug-likeness (QED) is 0.590. The minimum absolute atomic E-state index is 0.0980. The average Bonchev–Trinajstić information content (AvgIpc) is 3.17. The minimum atomic E-state index is -2.64. The Kier molecular flexibility index (Phi) is 5.53. The molecule has 3 atom stereocenters. The molecule has 1 heterocycles. The fourth-order valence-electron chi connectivity index (χ4n) is 4.82. The lowest BCUT2D eigenvalue weighted by Gasteiger charge is -2.43. The molecular weight excluding hydrogens is 392 g/mol. The van der Waals surface area contributed by atoms with Crippen LogP contribution in [-0.4, -0.2) is 44.1 Å². The highest BCUT2D eigenvalue weighted by Gasteiger charge is 2.53. The van der Waals surface area contributed by atoms with Gasteiger partial charge in [-0.25, -0.2) is 0 Å². The summed E-state index contributed by atoms with van der Waals surface area (Å²) in [6.07, 6.45) is 0.544. The summed E-state index contributed by atoms with van der Waals surface area (Å²) in [5.41, 5.74) is 0.964. The first-order chi connectivity index (χ1) is 14.1. The molecule has 0 radical (unpaired) electrons. The van der Waals surface area contributed by atoms with E-state index in [4.69, 9.17) is 13.9 Å². The Morgan fingerprint density at radius 3 is 1.97 bits per heavy atom. The van der Waals surface area contributed by atoms with E-state index in [0.717, 1.165) is 5.57 Å². The first-order valence-corrected chi connectivity index (χ1v) is 12.5. The molecule has 4 rings (SSSR count). The van der Waals surface area contributed by atoms with Crippen molar-refractivity contribution in [3.05, 3.63) is 72.3 Å². The van der Waals surface area contributed by atoms with E-state index in [2.05, 4.69) is 69.3 Å². The number of ether oxygens (including phenoxy) is 2. The fraction of sp³-hybridized carbons (Fsp3) is 0.440. The van der Waals surface area contributed by atoms with Crippen LogP contribution < -0.4 is 10.4 Å². The van der Waals surface area contributed by atoms with Crippen LogP contribution in [0.15, 0.2) is 72.3 Å². The molecule has 4 nitrogen and oxygen atoms in total. The zero-order valence-electron chi connectivity index (χ0n) is 18.5. The number of aliphatic hydroxyl groups excluding tert-OH is 1. The number of hydrogen-bond donors (Lipinski definition) is 1. The van der Waals surface area contributed by atoms with Crippen LogP contribution in [0.3, 0.4) is 0 Å². The Morgan fingerprint density at radius 1 is 0.933 bits per heavy atom. The van der Waals surface area contributed by atoms with Gasteiger partial charge < -0.3 is 19.0 Å². The van der Waals surface area contributed by atoms with Gasteiger partial charge in [0.15, 0.2) is 5.79 Å². The zero-order valence-corrected chi connectivity index (χ0v) is 19.5. The zero-order chi connectivity index (χ0) is 21.6. The van der Waals surface area contributed by atoms with E-state index in [1.165, 1.54) is 10.4 Å². The highest BCUT2D eigenvalue weighted by atomic mass is 28.4. The first kappa shape index (κ1) is 21.5. The molecule has 2 aliphatic rings. The average molecular weight is 425 g/mol. The maximum atomic E-state index is 10.5. The van der Waals surface area contributed by atoms with Crippen LogP contribution in [0.25, 0.3) is 0 Å². The monoisotopic (exact) mass is 424 g/mol. The third-order valence-electron chi connectivity index (χ3n) is 6.09. The van der Waals surface area contributed by atoms with Crippen molar-refractivity contribution in [2.24, 2.45) is 0 Å². The largest absolute Gasteiger partial charge is 0.403 e. The van der Waals surface area contributed by atoms with Crippen molar-refractivity contribution in [2.45, 2.75) is 63.8 Å². The van der Waals surface area contributed by atoms with Gasteiger partial charge in [-0.2, -0.15) is 0 Å². The molecule has 5 heteroatoms. The van der Waals surface area contributed by atoms with Gasteiger partial charge in [0.25, 0.3) is 8.32 Å². The normalized spacial score (nSPS) is 25.8. The second-order valence-corrected chi connectivity index (χ2v) is 14.0. The predicted octanol–water partition coefficient (Wildman–Crippen LogP) is 3.38. The van der Waals surface area contributed by atoms with Crippen LogP contribution in [0.4, 0.5) is 0 Å². The van der Waals surface area contributed by atoms with E-state index in [9.17, 15) is 5.11 Å². The lowest BCUT2D eigenvalue weighted by atomic mass is 10.1. The van der Waals surface area contributed by atoms with Gasteiger partial charge in [0.05, 0.1) is 6.61 Å². The Bertz CT molecular complexity index is 862. The standard InChI is InChI=1S/C25H32O4Si/c1-24(2,3)30(19-12-8-6-9-13-19,20-14-10-7-11-15-20)27-17-18-16-21(26)23-22(18)28-25(4,5)29-23/h6-16,21-23,26H,17H2,1-5H3/t21-,22-,23+/m1/s1. The number of fused-ring (bicyclic) bond motifs is 1. The topological polar surface area (TPSA) is 47.9 Å². The van der Waals surface area contributed by atoms with Crippen molar-refractivity contribution >= 4 is 18.7 Å². The van der Waals surface area contributed by atoms with Crippen molar-refractivity contribution in [2.75, 3.05) is 6.61 Å². The van der Waals surface area contributed by atoms with Gasteiger partial charge in [0.2, 0.25) is 0 Å². The molecule has 1 fully saturated rings. The second kappa shape index (κ2) is 7.73. The van der Waals surface area contributed by atoms with E-state index in [1.54, 1.807) is 0 Å². The third kappa shape index (κ3) is 3.70. The maximum Gasteiger partial charge on any atom is 0.261 e. The molecule has 0 aromatic heterocycles. The van der Waals surface area contributed by atoms with E-state index in [1.807, 2.05) is 32.1 Å². The van der Waals surface area contributed by atoms with Crippen LogP contribution in [0, 0.1) is 0 Å². The van der Waals surface area contributed by atoms with Gasteiger partial charge in [0.1, 0.15) is 18.3 Å². The number of benzene rings is 2. The molecule has 0 saturated carbocycles. The molecular formula is C25H32O4Si. The van der Waals surface area contributed by atoms with E-state index >= 15 is 0 Å². The first-order valence-electron chi connectivity index (χ1n) is 10.6. The third-order valence-corrected chi connectivity index (χ3v) is 11.1. The predicted molar refractivity (Wildman–Crippen MR) is 121 cm³/mol. The summed E-state index contributed by atoms with van der Waals surface area (Å²) < 4.78 is 19.0. The molecule has 1 aliphatic carbocycles. The Morgan fingerprint density at radius 2 is 1.47 bits per heavy atom. The van der Waals surface area contributed by atoms with Crippen LogP contribution in [0.5, 0.6) is 0 Å². The van der Waals surface area contributed by atoms with Crippen molar-refractivity contribution in [1.82, 2.24) is 0 Å². The Balaban J connectivity index is 1.72. The molecule has 0 bridgehead atoms. The van der Waals surface area contributed by atoms with E-state index in [-0.39, 0.29) is 17.2 Å². The second-order valence-electron chi connectivity index (χ2n) is 9.70. The fourth-order valence-corrected chi connectivity index (χ4v) is 9.36. The number of aliphatic hydroxyl groups is 1. The summed E-state index contributed by atoms with van der Waals surface area (Å²) in [7, 11) is -2.64. The van der Waals surface area contributed by atoms with Gasteiger partial charge in [-0.1, -0.05) is 81.4 Å². The SMILES string of the molecule is CC1(C)O[C@H]2[C@H](O)C=C(CO[Si](c3ccccc3)(c3ccccc3)C(C)(C)C)[C@H]2O1. The molecule has 0 unspecified atom stereocenters. The summed E-state index contributed by atoms with van der Waals surface area (Å²) in [6, 6.07) is 21.2. The van der Waals surface area contributed by atoms with Crippen LogP contribution in [-0.2, 0) is 13.9 Å². The lowest BCUT2D eigenvalue weighted by Crippen LogP contribution is -2.66. The van der Waals surface area contributed by atoms with Gasteiger partial charge in [-0.05, 0) is 40.9 Å². The summed E-state index contributed by atoms with van der Waals surface area (Å²) in [5, 5.41) is 12.9. The van der Waals surface area contributed by atoms with Crippen molar-refractivity contribution in [1.29, 1.82) is 0 Å². The Labute approximate surface area is 180 Å². The van der Waals surface area contributed by atoms with E-state index < -0.39 is 20.2 Å². The molecule has 2 aromatic rings. The van der Waals surface area contributed by atoms with Crippen molar-refractivity contribution < 1.29 is 19.0 Å². The van der Waals surface area contributed by atoms with Gasteiger partial charge >= 0.3 is 0 Å². The summed E-state index contributed by atoms with van der Waals surface area (Å²) in [4.78, 5) is 0. The van der Waals surface area contributed by atoms with Crippen molar-refractivity contribution in [3.8, 4) is 0 Å². The van der Waals surface area contributed by atoms with Crippen LogP contribution in [0.1, 0.15) is 34.6 Å². The molecule has 0 amide bonds. The summed E-state index contributed by atoms with van der Waals surface area (Å²) in [5.74, 6) is -0.701. The van der Waals surface area contributed by atoms with Crippen molar-refractivity contribution in [3.63, 3.8) is 0 Å². The Hall–Kier alpha value is -1.76. The highest BCUT2D eigenvalue weighted by Crippen LogP contribution is 2.41. The molecule has 30 heavy (non-hydrogen) atoms. The highest BCUT2D eigenvalue weighted by molar-refractivity contribution is 6.99. The number of hydrogen-bond acceptors (Lipinski definition) is 4. The molecule has 1 aliphatic heterocycles. The molecule has 160 valence electrons. The van der Waals surface area contributed by atoms with Gasteiger partial charge in [0, 0.05) is 0 Å². The molecule has 1 saturated heterocycles. The van der Waals surface area contributed by atoms with Gasteiger partial charge in [-0.15, -0.1) is 0 Å². The lowest BCUT2D eigenvalue weighted by molar-refractivity contribution is -0.153. The number of rotatable bonds is 5. The van der Waals surface area contributed by atoms with Gasteiger partial charge in [-0.3, -0.25) is 0 Å². The van der Waals surface area contributed by atoms with Crippen LogP contribution in [0.2, 0.25) is 5.04 Å². The maximum absolute atomic E-state index is 10.5. The van der Waals surface area contributed by atoms with Crippen LogP contribution >= 0.6 is 0 Å². The molecule has 0 spiro atoms. The minimum Gasteiger partial charge on any atom is -0.403 e.